The molecule has 0 radical (unpaired) electrons. The van der Waals surface area contributed by atoms with Crippen molar-refractivity contribution in [1.29, 1.82) is 0 Å². The fraction of sp³-hybridized carbons (Fsp3) is 0.300. The molecule has 0 aromatic carbocycles. The second-order valence-corrected chi connectivity index (χ2v) is 3.33. The molecule has 86 valence electrons. The summed E-state index contributed by atoms with van der Waals surface area (Å²) in [6.45, 7) is 0.359. The number of carbonyl (C=O) groups excluding carboxylic acids is 1. The Balaban J connectivity index is 2.75. The lowest BCUT2D eigenvalue weighted by Gasteiger charge is -2.18. The molecule has 16 heavy (non-hydrogen) atoms. The number of rotatable bonds is 5. The Hall–Kier alpha value is -2.11. The highest BCUT2D eigenvalue weighted by Crippen LogP contribution is 2.12. The van der Waals surface area contributed by atoms with Crippen LogP contribution in [0.5, 0.6) is 0 Å². The summed E-state index contributed by atoms with van der Waals surface area (Å²) in [5.41, 5.74) is 5.97. The van der Waals surface area contributed by atoms with Crippen LogP contribution in [0.25, 0.3) is 0 Å². The van der Waals surface area contributed by atoms with Crippen LogP contribution in [0.15, 0.2) is 18.3 Å². The van der Waals surface area contributed by atoms with Crippen LogP contribution in [0, 0.1) is 0 Å². The van der Waals surface area contributed by atoms with Crippen molar-refractivity contribution in [2.45, 2.75) is 6.42 Å². The first-order valence-corrected chi connectivity index (χ1v) is 4.69. The predicted molar refractivity (Wildman–Crippen MR) is 58.3 cm³/mol. The normalized spacial score (nSPS) is 9.81. The van der Waals surface area contributed by atoms with Gasteiger partial charge in [0.15, 0.2) is 0 Å². The molecule has 0 bridgehead atoms. The van der Waals surface area contributed by atoms with Gasteiger partial charge in [-0.3, -0.25) is 14.6 Å². The van der Waals surface area contributed by atoms with Crippen LogP contribution in [-0.2, 0) is 4.79 Å². The highest BCUT2D eigenvalue weighted by Gasteiger charge is 2.07. The van der Waals surface area contributed by atoms with Crippen LogP contribution < -0.4 is 10.6 Å². The van der Waals surface area contributed by atoms with Crippen LogP contribution in [0.2, 0.25) is 0 Å². The minimum atomic E-state index is -0.865. The summed E-state index contributed by atoms with van der Waals surface area (Å²) in [4.78, 5) is 26.8. The molecule has 0 saturated carbocycles. The number of nitrogens with two attached hydrogens (primary N) is 1. The number of amides is 1. The average Bonchev–Trinajstić information content (AvgIpc) is 2.26. The SMILES string of the molecule is CN(CCC(=O)O)c1ccnc(C(N)=O)c1. The zero-order valence-corrected chi connectivity index (χ0v) is 8.88. The molecule has 0 saturated heterocycles. The third-order valence-electron chi connectivity index (χ3n) is 2.10. The Morgan fingerprint density at radius 2 is 2.25 bits per heavy atom. The number of primary amides is 1. The molecule has 0 aliphatic heterocycles. The minimum absolute atomic E-state index is 0.0325. The quantitative estimate of drug-likeness (QED) is 0.737. The number of anilines is 1. The number of carbonyl (C=O) groups is 2. The number of carboxylic acids is 1. The van der Waals surface area contributed by atoms with Crippen molar-refractivity contribution in [3.63, 3.8) is 0 Å². The van der Waals surface area contributed by atoms with Gasteiger partial charge in [0.1, 0.15) is 5.69 Å². The van der Waals surface area contributed by atoms with Crippen LogP contribution in [-0.4, -0.2) is 35.6 Å². The minimum Gasteiger partial charge on any atom is -0.481 e. The molecule has 0 spiro atoms. The van der Waals surface area contributed by atoms with Gasteiger partial charge < -0.3 is 15.7 Å². The highest BCUT2D eigenvalue weighted by atomic mass is 16.4. The van der Waals surface area contributed by atoms with Crippen molar-refractivity contribution in [3.05, 3.63) is 24.0 Å². The fourth-order valence-electron chi connectivity index (χ4n) is 1.18. The molecule has 0 aliphatic carbocycles. The van der Waals surface area contributed by atoms with E-state index in [1.54, 1.807) is 18.0 Å². The van der Waals surface area contributed by atoms with Crippen LogP contribution in [0.4, 0.5) is 5.69 Å². The van der Waals surface area contributed by atoms with E-state index < -0.39 is 11.9 Å². The zero-order valence-electron chi connectivity index (χ0n) is 8.88. The van der Waals surface area contributed by atoms with Gasteiger partial charge in [-0.1, -0.05) is 0 Å². The molecule has 1 aromatic rings. The van der Waals surface area contributed by atoms with Crippen LogP contribution >= 0.6 is 0 Å². The van der Waals surface area contributed by atoms with Crippen LogP contribution in [0.3, 0.4) is 0 Å². The number of hydrogen-bond donors (Lipinski definition) is 2. The number of nitrogens with zero attached hydrogens (tertiary/aromatic N) is 2. The molecule has 0 fully saturated rings. The molecule has 6 nitrogen and oxygen atoms in total. The molecule has 1 amide bonds. The Morgan fingerprint density at radius 1 is 1.56 bits per heavy atom. The number of aliphatic carboxylic acids is 1. The first kappa shape index (κ1) is 12.0. The Morgan fingerprint density at radius 3 is 2.81 bits per heavy atom. The molecule has 1 rings (SSSR count). The van der Waals surface area contributed by atoms with E-state index in [9.17, 15) is 9.59 Å². The molecular weight excluding hydrogens is 210 g/mol. The molecule has 1 aromatic heterocycles. The smallest absolute Gasteiger partial charge is 0.305 e. The van der Waals surface area contributed by atoms with E-state index in [-0.39, 0.29) is 12.1 Å². The molecule has 0 aliphatic rings. The largest absolute Gasteiger partial charge is 0.481 e. The van der Waals surface area contributed by atoms with Crippen molar-refractivity contribution in [1.82, 2.24) is 4.98 Å². The lowest BCUT2D eigenvalue weighted by Crippen LogP contribution is -2.22. The topological polar surface area (TPSA) is 96.5 Å². The molecule has 0 atom stereocenters. The van der Waals surface area contributed by atoms with Crippen molar-refractivity contribution in [2.24, 2.45) is 5.73 Å². The highest BCUT2D eigenvalue weighted by molar-refractivity contribution is 5.91. The second kappa shape index (κ2) is 5.11. The van der Waals surface area contributed by atoms with Gasteiger partial charge in [0, 0.05) is 25.5 Å². The third-order valence-corrected chi connectivity index (χ3v) is 2.10. The van der Waals surface area contributed by atoms with Gasteiger partial charge in [-0.25, -0.2) is 0 Å². The maximum Gasteiger partial charge on any atom is 0.305 e. The first-order chi connectivity index (χ1) is 7.50. The van der Waals surface area contributed by atoms with E-state index in [1.165, 1.54) is 12.3 Å². The molecule has 6 heteroatoms. The number of pyridine rings is 1. The molecule has 1 heterocycles. The number of carboxylic acid groups (broad SMARTS) is 1. The van der Waals surface area contributed by atoms with E-state index in [0.717, 1.165) is 0 Å². The fourth-order valence-corrected chi connectivity index (χ4v) is 1.18. The molecule has 3 N–H and O–H groups in total. The average molecular weight is 223 g/mol. The van der Waals surface area contributed by atoms with E-state index in [0.29, 0.717) is 12.2 Å². The number of hydrogen-bond acceptors (Lipinski definition) is 4. The predicted octanol–water partition coefficient (Wildman–Crippen LogP) is 0.0914. The van der Waals surface area contributed by atoms with E-state index in [4.69, 9.17) is 10.8 Å². The van der Waals surface area contributed by atoms with Crippen LogP contribution in [0.1, 0.15) is 16.9 Å². The summed E-state index contributed by atoms with van der Waals surface area (Å²) in [5.74, 6) is -1.47. The van der Waals surface area contributed by atoms with E-state index in [2.05, 4.69) is 4.98 Å². The summed E-state index contributed by atoms with van der Waals surface area (Å²) in [7, 11) is 1.74. The summed E-state index contributed by atoms with van der Waals surface area (Å²) >= 11 is 0. The summed E-state index contributed by atoms with van der Waals surface area (Å²) < 4.78 is 0. The lowest BCUT2D eigenvalue weighted by molar-refractivity contribution is -0.136. The van der Waals surface area contributed by atoms with Gasteiger partial charge in [0.25, 0.3) is 5.91 Å². The van der Waals surface area contributed by atoms with Gasteiger partial charge in [-0.15, -0.1) is 0 Å². The Kier molecular flexibility index (Phi) is 3.82. The summed E-state index contributed by atoms with van der Waals surface area (Å²) in [6.07, 6.45) is 1.50. The van der Waals surface area contributed by atoms with Gasteiger partial charge in [0.05, 0.1) is 6.42 Å². The second-order valence-electron chi connectivity index (χ2n) is 3.33. The van der Waals surface area contributed by atoms with E-state index in [1.807, 2.05) is 0 Å². The Labute approximate surface area is 92.7 Å². The molecular formula is C10H13N3O3. The first-order valence-electron chi connectivity index (χ1n) is 4.69. The maximum absolute atomic E-state index is 10.9. The Bertz CT molecular complexity index is 406. The standard InChI is InChI=1S/C10H13N3O3/c1-13(5-3-9(14)15)7-2-4-12-8(6-7)10(11)16/h2,4,6H,3,5H2,1H3,(H2,11,16)(H,14,15). The molecule has 0 unspecified atom stereocenters. The monoisotopic (exact) mass is 223 g/mol. The van der Waals surface area contributed by atoms with Crippen molar-refractivity contribution < 1.29 is 14.7 Å². The third kappa shape index (κ3) is 3.23. The lowest BCUT2D eigenvalue weighted by atomic mass is 10.2. The van der Waals surface area contributed by atoms with Crippen molar-refractivity contribution in [2.75, 3.05) is 18.5 Å². The summed E-state index contributed by atoms with van der Waals surface area (Å²) in [5, 5.41) is 8.54. The van der Waals surface area contributed by atoms with E-state index >= 15 is 0 Å². The zero-order chi connectivity index (χ0) is 12.1. The number of aromatic nitrogens is 1. The van der Waals surface area contributed by atoms with Gasteiger partial charge in [0.2, 0.25) is 0 Å². The maximum atomic E-state index is 10.9. The van der Waals surface area contributed by atoms with Crippen molar-refractivity contribution in [3.8, 4) is 0 Å². The van der Waals surface area contributed by atoms with Gasteiger partial charge in [-0.2, -0.15) is 0 Å². The van der Waals surface area contributed by atoms with Gasteiger partial charge in [-0.05, 0) is 12.1 Å². The summed E-state index contributed by atoms with van der Waals surface area (Å²) in [6, 6.07) is 3.22. The van der Waals surface area contributed by atoms with Gasteiger partial charge >= 0.3 is 5.97 Å². The van der Waals surface area contributed by atoms with Crippen molar-refractivity contribution >= 4 is 17.6 Å².